The molecule has 110 valence electrons. The Balaban J connectivity index is 2.02. The number of carbonyl (C=O) groups excluding carboxylic acids is 1. The van der Waals surface area contributed by atoms with Gasteiger partial charge in [-0.05, 0) is 25.2 Å². The van der Waals surface area contributed by atoms with Gasteiger partial charge in [-0.2, -0.15) is 0 Å². The van der Waals surface area contributed by atoms with Crippen molar-refractivity contribution < 1.29 is 24.2 Å². The second kappa shape index (κ2) is 8.71. The average Bonchev–Trinajstić information content (AvgIpc) is 3.18. The van der Waals surface area contributed by atoms with Crippen LogP contribution in [-0.2, 0) is 14.3 Å². The quantitative estimate of drug-likeness (QED) is 0.495. The molecule has 7 heteroatoms. The molecule has 0 bridgehead atoms. The lowest BCUT2D eigenvalue weighted by Crippen LogP contribution is -2.47. The molecule has 19 heavy (non-hydrogen) atoms. The van der Waals surface area contributed by atoms with E-state index in [2.05, 4.69) is 10.6 Å². The van der Waals surface area contributed by atoms with Crippen LogP contribution < -0.4 is 10.6 Å². The fourth-order valence-electron chi connectivity index (χ4n) is 1.62. The van der Waals surface area contributed by atoms with Crippen molar-refractivity contribution in [1.29, 1.82) is 0 Å². The third-order valence-electron chi connectivity index (χ3n) is 2.83. The molecule has 1 atom stereocenters. The first-order valence-corrected chi connectivity index (χ1v) is 6.49. The predicted molar refractivity (Wildman–Crippen MR) is 68.0 cm³/mol. The van der Waals surface area contributed by atoms with Gasteiger partial charge in [0.15, 0.2) is 0 Å². The summed E-state index contributed by atoms with van der Waals surface area (Å²) in [6.07, 6.45) is 2.41. The summed E-state index contributed by atoms with van der Waals surface area (Å²) >= 11 is 0. The van der Waals surface area contributed by atoms with Gasteiger partial charge in [-0.25, -0.2) is 9.59 Å². The molecule has 3 N–H and O–H groups in total. The van der Waals surface area contributed by atoms with Crippen LogP contribution in [0.1, 0.15) is 19.3 Å². The highest BCUT2D eigenvalue weighted by Gasteiger charge is 2.37. The van der Waals surface area contributed by atoms with Crippen LogP contribution in [0.4, 0.5) is 4.79 Å². The van der Waals surface area contributed by atoms with Gasteiger partial charge in [0.25, 0.3) is 0 Å². The van der Waals surface area contributed by atoms with Crippen LogP contribution in [0.5, 0.6) is 0 Å². The van der Waals surface area contributed by atoms with Crippen LogP contribution in [0.3, 0.4) is 0 Å². The number of carboxylic acids is 1. The Labute approximate surface area is 112 Å². The van der Waals surface area contributed by atoms with E-state index in [0.717, 1.165) is 12.8 Å². The number of hydrogen-bond donors (Lipinski definition) is 3. The van der Waals surface area contributed by atoms with E-state index in [1.807, 2.05) is 0 Å². The Morgan fingerprint density at radius 1 is 1.32 bits per heavy atom. The van der Waals surface area contributed by atoms with Gasteiger partial charge in [-0.1, -0.05) is 0 Å². The summed E-state index contributed by atoms with van der Waals surface area (Å²) < 4.78 is 10.1. The minimum absolute atomic E-state index is 0.0839. The third kappa shape index (κ3) is 6.97. The predicted octanol–water partition coefficient (Wildman–Crippen LogP) is 0.202. The van der Waals surface area contributed by atoms with Gasteiger partial charge >= 0.3 is 12.0 Å². The highest BCUT2D eigenvalue weighted by Crippen LogP contribution is 2.32. The summed E-state index contributed by atoms with van der Waals surface area (Å²) in [4.78, 5) is 22.4. The maximum absolute atomic E-state index is 11.5. The highest BCUT2D eigenvalue weighted by atomic mass is 16.5. The van der Waals surface area contributed by atoms with Gasteiger partial charge in [-0.15, -0.1) is 0 Å². The molecule has 0 aromatic rings. The zero-order chi connectivity index (χ0) is 14.1. The van der Waals surface area contributed by atoms with Gasteiger partial charge in [0, 0.05) is 20.3 Å². The van der Waals surface area contributed by atoms with E-state index in [-0.39, 0.29) is 5.92 Å². The van der Waals surface area contributed by atoms with Gasteiger partial charge in [0.05, 0.1) is 13.2 Å². The van der Waals surface area contributed by atoms with E-state index in [4.69, 9.17) is 14.6 Å². The Hall–Kier alpha value is -1.34. The lowest BCUT2D eigenvalue weighted by atomic mass is 10.2. The Bertz CT molecular complexity index is 294. The van der Waals surface area contributed by atoms with Crippen molar-refractivity contribution in [3.8, 4) is 0 Å². The molecule has 0 saturated heterocycles. The lowest BCUT2D eigenvalue weighted by molar-refractivity contribution is -0.139. The number of amides is 2. The van der Waals surface area contributed by atoms with E-state index in [9.17, 15) is 9.59 Å². The molecular formula is C12H22N2O5. The minimum Gasteiger partial charge on any atom is -0.480 e. The fraction of sp³-hybridized carbons (Fsp3) is 0.833. The summed E-state index contributed by atoms with van der Waals surface area (Å²) in [6, 6.07) is -1.20. The standard InChI is InChI=1S/C12H22N2O5/c1-18-7-8-19-6-2-5-13-12(17)14-10(11(15)16)9-3-4-9/h9-10H,2-8H2,1H3,(H,15,16)(H2,13,14,17). The topological polar surface area (TPSA) is 96.9 Å². The summed E-state index contributed by atoms with van der Waals surface area (Å²) in [7, 11) is 1.61. The monoisotopic (exact) mass is 274 g/mol. The molecule has 1 rings (SSSR count). The van der Waals surface area contributed by atoms with Crippen molar-refractivity contribution in [2.75, 3.05) is 33.5 Å². The molecule has 1 aliphatic rings. The van der Waals surface area contributed by atoms with Crippen molar-refractivity contribution >= 4 is 12.0 Å². The molecular weight excluding hydrogens is 252 g/mol. The molecule has 0 aromatic carbocycles. The fourth-order valence-corrected chi connectivity index (χ4v) is 1.62. The molecule has 0 aliphatic heterocycles. The van der Waals surface area contributed by atoms with Crippen LogP contribution in [0.25, 0.3) is 0 Å². The van der Waals surface area contributed by atoms with E-state index in [1.54, 1.807) is 7.11 Å². The van der Waals surface area contributed by atoms with E-state index in [1.165, 1.54) is 0 Å². The van der Waals surface area contributed by atoms with Crippen LogP contribution in [0.15, 0.2) is 0 Å². The lowest BCUT2D eigenvalue weighted by Gasteiger charge is -2.14. The normalized spacial score (nSPS) is 15.8. The Morgan fingerprint density at radius 3 is 2.63 bits per heavy atom. The molecule has 1 aliphatic carbocycles. The third-order valence-corrected chi connectivity index (χ3v) is 2.83. The highest BCUT2D eigenvalue weighted by molar-refractivity contribution is 5.83. The SMILES string of the molecule is COCCOCCCNC(=O)NC(C(=O)O)C1CC1. The van der Waals surface area contributed by atoms with Gasteiger partial charge in [0.2, 0.25) is 0 Å². The number of methoxy groups -OCH3 is 1. The maximum Gasteiger partial charge on any atom is 0.326 e. The van der Waals surface area contributed by atoms with Crippen molar-refractivity contribution in [1.82, 2.24) is 10.6 Å². The number of rotatable bonds is 10. The second-order valence-electron chi connectivity index (χ2n) is 4.51. The molecule has 0 radical (unpaired) electrons. The van der Waals surface area contributed by atoms with Crippen molar-refractivity contribution in [3.63, 3.8) is 0 Å². The van der Waals surface area contributed by atoms with Crippen LogP contribution in [0.2, 0.25) is 0 Å². The Morgan fingerprint density at radius 2 is 2.05 bits per heavy atom. The number of nitrogens with one attached hydrogen (secondary N) is 2. The molecule has 0 aromatic heterocycles. The van der Waals surface area contributed by atoms with Crippen LogP contribution in [0, 0.1) is 5.92 Å². The number of ether oxygens (including phenoxy) is 2. The van der Waals surface area contributed by atoms with Gasteiger partial charge < -0.3 is 25.2 Å². The summed E-state index contributed by atoms with van der Waals surface area (Å²) in [5.41, 5.74) is 0. The molecule has 1 saturated carbocycles. The smallest absolute Gasteiger partial charge is 0.326 e. The number of urea groups is 1. The molecule has 2 amide bonds. The molecule has 1 fully saturated rings. The first-order valence-electron chi connectivity index (χ1n) is 6.49. The first-order chi connectivity index (χ1) is 9.15. The number of aliphatic carboxylic acids is 1. The first kappa shape index (κ1) is 15.7. The van der Waals surface area contributed by atoms with E-state index < -0.39 is 18.0 Å². The summed E-state index contributed by atoms with van der Waals surface area (Å²) in [5.74, 6) is -0.888. The minimum atomic E-state index is -0.972. The summed E-state index contributed by atoms with van der Waals surface area (Å²) in [6.45, 7) is 2.07. The summed E-state index contributed by atoms with van der Waals surface area (Å²) in [5, 5.41) is 14.0. The van der Waals surface area contributed by atoms with E-state index in [0.29, 0.717) is 32.8 Å². The van der Waals surface area contributed by atoms with Crippen molar-refractivity contribution in [2.24, 2.45) is 5.92 Å². The van der Waals surface area contributed by atoms with Gasteiger partial charge in [0.1, 0.15) is 6.04 Å². The van der Waals surface area contributed by atoms with Crippen LogP contribution >= 0.6 is 0 Å². The van der Waals surface area contributed by atoms with Crippen LogP contribution in [-0.4, -0.2) is 56.6 Å². The zero-order valence-electron chi connectivity index (χ0n) is 11.2. The van der Waals surface area contributed by atoms with Crippen molar-refractivity contribution in [2.45, 2.75) is 25.3 Å². The van der Waals surface area contributed by atoms with E-state index >= 15 is 0 Å². The molecule has 0 spiro atoms. The Kier molecular flexibility index (Phi) is 7.20. The molecule has 7 nitrogen and oxygen atoms in total. The number of hydrogen-bond acceptors (Lipinski definition) is 4. The number of carboxylic acid groups (broad SMARTS) is 1. The largest absolute Gasteiger partial charge is 0.480 e. The average molecular weight is 274 g/mol. The molecule has 1 unspecified atom stereocenters. The van der Waals surface area contributed by atoms with Gasteiger partial charge in [-0.3, -0.25) is 0 Å². The van der Waals surface area contributed by atoms with Crippen molar-refractivity contribution in [3.05, 3.63) is 0 Å². The molecule has 0 heterocycles. The number of carbonyl (C=O) groups is 2. The second-order valence-corrected chi connectivity index (χ2v) is 4.51. The maximum atomic E-state index is 11.5. The zero-order valence-corrected chi connectivity index (χ0v) is 11.2.